The Labute approximate surface area is 140 Å². The lowest BCUT2D eigenvalue weighted by atomic mass is 10.2. The minimum Gasteiger partial charge on any atom is -0.496 e. The highest BCUT2D eigenvalue weighted by Gasteiger charge is 2.15. The van der Waals surface area contributed by atoms with Crippen molar-refractivity contribution >= 4 is 21.1 Å². The maximum absolute atomic E-state index is 12.5. The standard InChI is InChI=1S/C17H19N3O3S/c1-11-8-14(5-7-17(11)23-3)24(21,22)18-10-13-4-6-15-16(9-13)20-12(2)19-15/h4-9,18H,10H2,1-3H3,(H,19,20). The van der Waals surface area contributed by atoms with E-state index in [4.69, 9.17) is 4.74 Å². The zero-order valence-corrected chi connectivity index (χ0v) is 14.6. The van der Waals surface area contributed by atoms with Gasteiger partial charge in [-0.1, -0.05) is 6.07 Å². The molecule has 0 saturated carbocycles. The number of imidazole rings is 1. The third kappa shape index (κ3) is 3.27. The zero-order valence-electron chi connectivity index (χ0n) is 13.8. The molecule has 24 heavy (non-hydrogen) atoms. The number of ether oxygens (including phenoxy) is 1. The van der Waals surface area contributed by atoms with Crippen molar-refractivity contribution in [3.63, 3.8) is 0 Å². The van der Waals surface area contributed by atoms with E-state index in [0.717, 1.165) is 28.0 Å². The van der Waals surface area contributed by atoms with Crippen molar-refractivity contribution in [2.24, 2.45) is 0 Å². The van der Waals surface area contributed by atoms with Gasteiger partial charge in [-0.2, -0.15) is 0 Å². The van der Waals surface area contributed by atoms with E-state index in [9.17, 15) is 8.42 Å². The SMILES string of the molecule is COc1ccc(S(=O)(=O)NCc2ccc3nc(C)[nH]c3c2)cc1C. The molecular weight excluding hydrogens is 326 g/mol. The lowest BCUT2D eigenvalue weighted by molar-refractivity contribution is 0.411. The Kier molecular flexibility index (Phi) is 4.29. The molecule has 7 heteroatoms. The second kappa shape index (κ2) is 6.26. The largest absolute Gasteiger partial charge is 0.496 e. The van der Waals surface area contributed by atoms with Gasteiger partial charge < -0.3 is 9.72 Å². The van der Waals surface area contributed by atoms with Crippen molar-refractivity contribution in [2.45, 2.75) is 25.3 Å². The van der Waals surface area contributed by atoms with Crippen LogP contribution >= 0.6 is 0 Å². The van der Waals surface area contributed by atoms with E-state index in [0.29, 0.717) is 5.75 Å². The van der Waals surface area contributed by atoms with E-state index in [1.54, 1.807) is 19.2 Å². The number of fused-ring (bicyclic) bond motifs is 1. The van der Waals surface area contributed by atoms with Gasteiger partial charge in [-0.25, -0.2) is 18.1 Å². The third-order valence-corrected chi connectivity index (χ3v) is 5.21. The number of hydrogen-bond donors (Lipinski definition) is 2. The molecule has 0 aliphatic rings. The maximum Gasteiger partial charge on any atom is 0.240 e. The van der Waals surface area contributed by atoms with Crippen molar-refractivity contribution < 1.29 is 13.2 Å². The van der Waals surface area contributed by atoms with Crippen LogP contribution in [0, 0.1) is 13.8 Å². The molecule has 0 amide bonds. The molecule has 0 spiro atoms. The fraction of sp³-hybridized carbons (Fsp3) is 0.235. The second-order valence-electron chi connectivity index (χ2n) is 5.63. The monoisotopic (exact) mass is 345 g/mol. The van der Waals surface area contributed by atoms with E-state index < -0.39 is 10.0 Å². The van der Waals surface area contributed by atoms with Gasteiger partial charge in [0.05, 0.1) is 23.0 Å². The van der Waals surface area contributed by atoms with Crippen LogP contribution in [-0.4, -0.2) is 25.5 Å². The number of nitrogens with zero attached hydrogens (tertiary/aromatic N) is 1. The van der Waals surface area contributed by atoms with Crippen LogP contribution in [0.5, 0.6) is 5.75 Å². The lowest BCUT2D eigenvalue weighted by Gasteiger charge is -2.10. The first kappa shape index (κ1) is 16.5. The zero-order chi connectivity index (χ0) is 17.3. The summed E-state index contributed by atoms with van der Waals surface area (Å²) in [7, 11) is -2.03. The van der Waals surface area contributed by atoms with Crippen molar-refractivity contribution in [2.75, 3.05) is 7.11 Å². The molecule has 1 heterocycles. The number of nitrogens with one attached hydrogen (secondary N) is 2. The maximum atomic E-state index is 12.5. The quantitative estimate of drug-likeness (QED) is 0.744. The van der Waals surface area contributed by atoms with Gasteiger partial charge in [0.1, 0.15) is 11.6 Å². The van der Waals surface area contributed by atoms with Gasteiger partial charge in [0, 0.05) is 6.54 Å². The smallest absolute Gasteiger partial charge is 0.240 e. The molecule has 6 nitrogen and oxygen atoms in total. The second-order valence-corrected chi connectivity index (χ2v) is 7.40. The Morgan fingerprint density at radius 3 is 2.67 bits per heavy atom. The predicted octanol–water partition coefficient (Wildman–Crippen LogP) is 2.67. The summed E-state index contributed by atoms with van der Waals surface area (Å²) in [5.74, 6) is 1.49. The molecule has 0 bridgehead atoms. The number of benzene rings is 2. The summed E-state index contributed by atoms with van der Waals surface area (Å²) in [6, 6.07) is 10.4. The lowest BCUT2D eigenvalue weighted by Crippen LogP contribution is -2.23. The van der Waals surface area contributed by atoms with Gasteiger partial charge in [0.2, 0.25) is 10.0 Å². The Morgan fingerprint density at radius 1 is 1.17 bits per heavy atom. The summed E-state index contributed by atoms with van der Waals surface area (Å²) >= 11 is 0. The molecule has 0 atom stereocenters. The Bertz CT molecular complexity index is 993. The molecule has 3 rings (SSSR count). The summed E-state index contributed by atoms with van der Waals surface area (Å²) in [5.41, 5.74) is 3.39. The average molecular weight is 345 g/mol. The first-order chi connectivity index (χ1) is 11.4. The van der Waals surface area contributed by atoms with Gasteiger partial charge in [-0.15, -0.1) is 0 Å². The molecule has 1 aromatic heterocycles. The Hall–Kier alpha value is -2.38. The van der Waals surface area contributed by atoms with Crippen LogP contribution in [0.4, 0.5) is 0 Å². The van der Waals surface area contributed by atoms with Crippen LogP contribution in [0.2, 0.25) is 0 Å². The number of aromatic amines is 1. The summed E-state index contributed by atoms with van der Waals surface area (Å²) in [6.07, 6.45) is 0. The van der Waals surface area contributed by atoms with E-state index in [-0.39, 0.29) is 11.4 Å². The molecule has 0 fully saturated rings. The van der Waals surface area contributed by atoms with Crippen molar-refractivity contribution in [1.29, 1.82) is 0 Å². The summed E-state index contributed by atoms with van der Waals surface area (Å²) < 4.78 is 32.7. The third-order valence-electron chi connectivity index (χ3n) is 3.81. The van der Waals surface area contributed by atoms with E-state index >= 15 is 0 Å². The first-order valence-electron chi connectivity index (χ1n) is 7.48. The number of sulfonamides is 1. The number of H-pyrrole nitrogens is 1. The van der Waals surface area contributed by atoms with Gasteiger partial charge in [0.25, 0.3) is 0 Å². The normalized spacial score (nSPS) is 11.8. The van der Waals surface area contributed by atoms with E-state index in [1.807, 2.05) is 32.0 Å². The summed E-state index contributed by atoms with van der Waals surface area (Å²) in [4.78, 5) is 7.70. The van der Waals surface area contributed by atoms with E-state index in [2.05, 4.69) is 14.7 Å². The molecule has 0 unspecified atom stereocenters. The summed E-state index contributed by atoms with van der Waals surface area (Å²) in [6.45, 7) is 3.90. The van der Waals surface area contributed by atoms with Crippen molar-refractivity contribution in [3.8, 4) is 5.75 Å². The van der Waals surface area contributed by atoms with Crippen LogP contribution in [0.15, 0.2) is 41.3 Å². The van der Waals surface area contributed by atoms with Gasteiger partial charge in [-0.05, 0) is 55.3 Å². The molecule has 0 aliphatic carbocycles. The van der Waals surface area contributed by atoms with Gasteiger partial charge >= 0.3 is 0 Å². The van der Waals surface area contributed by atoms with Crippen LogP contribution in [-0.2, 0) is 16.6 Å². The van der Waals surface area contributed by atoms with Crippen LogP contribution in [0.1, 0.15) is 17.0 Å². The summed E-state index contributed by atoms with van der Waals surface area (Å²) in [5, 5.41) is 0. The molecule has 3 aromatic rings. The minimum absolute atomic E-state index is 0.210. The molecule has 126 valence electrons. The highest BCUT2D eigenvalue weighted by atomic mass is 32.2. The molecule has 0 radical (unpaired) electrons. The fourth-order valence-electron chi connectivity index (χ4n) is 2.57. The van der Waals surface area contributed by atoms with Gasteiger partial charge in [0.15, 0.2) is 0 Å². The minimum atomic E-state index is -3.59. The Balaban J connectivity index is 1.79. The highest BCUT2D eigenvalue weighted by Crippen LogP contribution is 2.21. The first-order valence-corrected chi connectivity index (χ1v) is 8.97. The number of methoxy groups -OCH3 is 1. The van der Waals surface area contributed by atoms with Gasteiger partial charge in [-0.3, -0.25) is 0 Å². The topological polar surface area (TPSA) is 84.1 Å². The van der Waals surface area contributed by atoms with Crippen LogP contribution in [0.25, 0.3) is 11.0 Å². The fourth-order valence-corrected chi connectivity index (χ4v) is 3.68. The number of rotatable bonds is 5. The predicted molar refractivity (Wildman–Crippen MR) is 92.6 cm³/mol. The van der Waals surface area contributed by atoms with E-state index in [1.165, 1.54) is 6.07 Å². The molecular formula is C17H19N3O3S. The Morgan fingerprint density at radius 2 is 1.96 bits per heavy atom. The average Bonchev–Trinajstić information content (AvgIpc) is 2.92. The number of aryl methyl sites for hydroxylation is 2. The number of hydrogen-bond acceptors (Lipinski definition) is 4. The molecule has 2 N–H and O–H groups in total. The molecule has 0 aliphatic heterocycles. The highest BCUT2D eigenvalue weighted by molar-refractivity contribution is 7.89. The number of aromatic nitrogens is 2. The van der Waals surface area contributed by atoms with Crippen LogP contribution in [0.3, 0.4) is 0 Å². The van der Waals surface area contributed by atoms with Crippen molar-refractivity contribution in [3.05, 3.63) is 53.3 Å². The van der Waals surface area contributed by atoms with Crippen molar-refractivity contribution in [1.82, 2.24) is 14.7 Å². The molecule has 2 aromatic carbocycles. The van der Waals surface area contributed by atoms with Crippen LogP contribution < -0.4 is 9.46 Å². The molecule has 0 saturated heterocycles.